The maximum absolute atomic E-state index is 13.0. The average molecular weight is 505 g/mol. The molecule has 36 heavy (non-hydrogen) atoms. The summed E-state index contributed by atoms with van der Waals surface area (Å²) in [6.45, 7) is 5.74. The zero-order valence-electron chi connectivity index (χ0n) is 21.0. The quantitative estimate of drug-likeness (QED) is 0.422. The third-order valence-corrected chi connectivity index (χ3v) is 7.41. The van der Waals surface area contributed by atoms with E-state index in [0.29, 0.717) is 26.1 Å². The van der Waals surface area contributed by atoms with Crippen LogP contribution in [0, 0.1) is 0 Å². The average Bonchev–Trinajstić information content (AvgIpc) is 3.21. The Bertz CT molecular complexity index is 1240. The van der Waals surface area contributed by atoms with Crippen LogP contribution in [0.4, 0.5) is 5.00 Å². The van der Waals surface area contributed by atoms with Gasteiger partial charge in [0.25, 0.3) is 0 Å². The van der Waals surface area contributed by atoms with Gasteiger partial charge in [-0.25, -0.2) is 0 Å². The molecule has 1 N–H and O–H groups in total. The first-order valence-electron chi connectivity index (χ1n) is 12.3. The number of rotatable bonds is 9. The third kappa shape index (κ3) is 5.99. The van der Waals surface area contributed by atoms with Gasteiger partial charge < -0.3 is 15.0 Å². The molecule has 0 fully saturated rings. The van der Waals surface area contributed by atoms with Gasteiger partial charge in [0.2, 0.25) is 11.8 Å². The second kappa shape index (κ2) is 11.9. The van der Waals surface area contributed by atoms with Crippen molar-refractivity contribution in [3.05, 3.63) is 75.9 Å². The first-order valence-corrected chi connectivity index (χ1v) is 13.1. The van der Waals surface area contributed by atoms with Crippen molar-refractivity contribution >= 4 is 34.4 Å². The number of nitrogens with zero attached hydrogens (tertiary/aromatic N) is 3. The van der Waals surface area contributed by atoms with E-state index < -0.39 is 0 Å². The Hall–Kier alpha value is -3.52. The third-order valence-electron chi connectivity index (χ3n) is 6.26. The van der Waals surface area contributed by atoms with Crippen molar-refractivity contribution in [2.75, 3.05) is 25.5 Å². The number of benzene rings is 1. The maximum Gasteiger partial charge on any atom is 0.228 e. The number of nitrogens with one attached hydrogen (secondary N) is 1. The number of aromatic nitrogens is 1. The molecule has 4 rings (SSSR count). The minimum Gasteiger partial charge on any atom is -0.494 e. The van der Waals surface area contributed by atoms with Crippen LogP contribution >= 0.6 is 11.3 Å². The molecule has 8 heteroatoms. The highest BCUT2D eigenvalue weighted by Crippen LogP contribution is 2.37. The first-order chi connectivity index (χ1) is 17.5. The first kappa shape index (κ1) is 25.6. The summed E-state index contributed by atoms with van der Waals surface area (Å²) in [5, 5.41) is 3.91. The van der Waals surface area contributed by atoms with Crippen molar-refractivity contribution in [1.82, 2.24) is 9.88 Å². The topological polar surface area (TPSA) is 83.9 Å². The molecule has 0 saturated carbocycles. The van der Waals surface area contributed by atoms with Crippen molar-refractivity contribution in [3.63, 3.8) is 0 Å². The number of hydrogen-bond acceptors (Lipinski definition) is 6. The second-order valence-corrected chi connectivity index (χ2v) is 9.93. The standard InChI is InChI=1S/C28H32N4O3S/c1-4-35-24-11-6-5-10-21(24)19(2)15-26(33)31-28-23(17-29-3)22-12-14-32(18-25(22)36-28)27(34)16-20-9-7-8-13-30-20/h5-11,13,17,19H,4,12,14-16,18H2,1-3H3,(H,31,33). The van der Waals surface area contributed by atoms with Gasteiger partial charge in [-0.15, -0.1) is 11.3 Å². The number of ether oxygens (including phenoxy) is 1. The maximum atomic E-state index is 13.0. The molecule has 0 spiro atoms. The monoisotopic (exact) mass is 504 g/mol. The molecule has 188 valence electrons. The van der Waals surface area contributed by atoms with Crippen LogP contribution in [0.5, 0.6) is 5.75 Å². The molecule has 1 aromatic carbocycles. The normalized spacial score (nSPS) is 13.9. The lowest BCUT2D eigenvalue weighted by Gasteiger charge is -2.27. The highest BCUT2D eigenvalue weighted by atomic mass is 32.1. The molecule has 7 nitrogen and oxygen atoms in total. The van der Waals surface area contributed by atoms with Gasteiger partial charge in [0, 0.05) is 48.6 Å². The van der Waals surface area contributed by atoms with Gasteiger partial charge in [-0.2, -0.15) is 0 Å². The van der Waals surface area contributed by atoms with E-state index in [4.69, 9.17) is 4.74 Å². The van der Waals surface area contributed by atoms with Gasteiger partial charge in [-0.3, -0.25) is 19.6 Å². The molecule has 1 aliphatic heterocycles. The molecule has 0 saturated heterocycles. The Morgan fingerprint density at radius 1 is 1.25 bits per heavy atom. The Morgan fingerprint density at radius 3 is 2.81 bits per heavy atom. The van der Waals surface area contributed by atoms with E-state index in [1.54, 1.807) is 13.2 Å². The predicted molar refractivity (Wildman–Crippen MR) is 144 cm³/mol. The van der Waals surface area contributed by atoms with E-state index in [1.807, 2.05) is 67.4 Å². The summed E-state index contributed by atoms with van der Waals surface area (Å²) in [6, 6.07) is 13.5. The summed E-state index contributed by atoms with van der Waals surface area (Å²) in [5.74, 6) is 0.832. The minimum atomic E-state index is -0.0544. The Balaban J connectivity index is 1.46. The molecule has 1 aliphatic rings. The van der Waals surface area contributed by atoms with E-state index in [-0.39, 0.29) is 24.2 Å². The van der Waals surface area contributed by atoms with E-state index in [2.05, 4.69) is 15.3 Å². The number of pyridine rings is 1. The lowest BCUT2D eigenvalue weighted by Crippen LogP contribution is -2.36. The van der Waals surface area contributed by atoms with Crippen molar-refractivity contribution in [2.24, 2.45) is 4.99 Å². The number of amides is 2. The van der Waals surface area contributed by atoms with Gasteiger partial charge >= 0.3 is 0 Å². The Labute approximate surface area is 216 Å². The summed E-state index contributed by atoms with van der Waals surface area (Å²) >= 11 is 1.53. The summed E-state index contributed by atoms with van der Waals surface area (Å²) < 4.78 is 5.75. The number of anilines is 1. The Kier molecular flexibility index (Phi) is 8.48. The molecule has 0 bridgehead atoms. The predicted octanol–water partition coefficient (Wildman–Crippen LogP) is 4.85. The lowest BCUT2D eigenvalue weighted by molar-refractivity contribution is -0.131. The summed E-state index contributed by atoms with van der Waals surface area (Å²) in [4.78, 5) is 37.4. The zero-order valence-corrected chi connectivity index (χ0v) is 21.8. The van der Waals surface area contributed by atoms with Crippen LogP contribution in [0.3, 0.4) is 0 Å². The smallest absolute Gasteiger partial charge is 0.228 e. The number of para-hydroxylation sites is 1. The molecule has 1 unspecified atom stereocenters. The van der Waals surface area contributed by atoms with Gasteiger partial charge in [0.05, 0.1) is 19.6 Å². The molecule has 2 aromatic heterocycles. The zero-order chi connectivity index (χ0) is 25.5. The largest absolute Gasteiger partial charge is 0.494 e. The SMILES string of the molecule is CCOc1ccccc1C(C)CC(=O)Nc1sc2c(c1C=NC)CCN(C(=O)Cc1ccccn1)C2. The van der Waals surface area contributed by atoms with Crippen LogP contribution in [-0.4, -0.2) is 48.1 Å². The van der Waals surface area contributed by atoms with Crippen LogP contribution in [0.25, 0.3) is 0 Å². The van der Waals surface area contributed by atoms with Crippen molar-refractivity contribution in [1.29, 1.82) is 0 Å². The number of carbonyl (C=O) groups excluding carboxylic acids is 2. The number of fused-ring (bicyclic) bond motifs is 1. The molecular formula is C28H32N4O3S. The number of hydrogen-bond donors (Lipinski definition) is 1. The van der Waals surface area contributed by atoms with Crippen molar-refractivity contribution < 1.29 is 14.3 Å². The van der Waals surface area contributed by atoms with Crippen LogP contribution in [0.2, 0.25) is 0 Å². The fourth-order valence-corrected chi connectivity index (χ4v) is 5.76. The molecule has 0 aliphatic carbocycles. The van der Waals surface area contributed by atoms with Crippen molar-refractivity contribution in [3.8, 4) is 5.75 Å². The summed E-state index contributed by atoms with van der Waals surface area (Å²) in [7, 11) is 1.73. The molecule has 2 amide bonds. The Morgan fingerprint density at radius 2 is 2.06 bits per heavy atom. The second-order valence-electron chi connectivity index (χ2n) is 8.82. The summed E-state index contributed by atoms with van der Waals surface area (Å²) in [6.07, 6.45) is 4.87. The molecule has 0 radical (unpaired) electrons. The summed E-state index contributed by atoms with van der Waals surface area (Å²) in [5.41, 5.74) is 3.91. The van der Waals surface area contributed by atoms with E-state index in [0.717, 1.165) is 44.4 Å². The molecule has 3 heterocycles. The van der Waals surface area contributed by atoms with Gasteiger partial charge in [0.15, 0.2) is 0 Å². The van der Waals surface area contributed by atoms with Crippen LogP contribution in [-0.2, 0) is 29.0 Å². The van der Waals surface area contributed by atoms with Crippen LogP contribution in [0.1, 0.15) is 53.4 Å². The van der Waals surface area contributed by atoms with E-state index in [1.165, 1.54) is 11.3 Å². The highest BCUT2D eigenvalue weighted by Gasteiger charge is 2.27. The molecule has 3 aromatic rings. The van der Waals surface area contributed by atoms with Gasteiger partial charge in [-0.05, 0) is 48.6 Å². The number of carbonyl (C=O) groups is 2. The fraction of sp³-hybridized carbons (Fsp3) is 0.357. The van der Waals surface area contributed by atoms with Gasteiger partial charge in [-0.1, -0.05) is 31.2 Å². The van der Waals surface area contributed by atoms with Crippen LogP contribution in [0.15, 0.2) is 53.7 Å². The molecule has 1 atom stereocenters. The number of aliphatic imine (C=N–C) groups is 1. The molecular weight excluding hydrogens is 472 g/mol. The van der Waals surface area contributed by atoms with E-state index >= 15 is 0 Å². The minimum absolute atomic E-state index is 0.00494. The lowest BCUT2D eigenvalue weighted by atomic mass is 9.96. The van der Waals surface area contributed by atoms with Crippen molar-refractivity contribution in [2.45, 2.75) is 45.6 Å². The highest BCUT2D eigenvalue weighted by molar-refractivity contribution is 7.16. The van der Waals surface area contributed by atoms with Crippen LogP contribution < -0.4 is 10.1 Å². The van der Waals surface area contributed by atoms with Gasteiger partial charge in [0.1, 0.15) is 10.8 Å². The number of thiophene rings is 1. The fourth-order valence-electron chi connectivity index (χ4n) is 4.51. The van der Waals surface area contributed by atoms with E-state index in [9.17, 15) is 9.59 Å².